The summed E-state index contributed by atoms with van der Waals surface area (Å²) in [6.45, 7) is 1.11. The van der Waals surface area contributed by atoms with Gasteiger partial charge in [-0.15, -0.1) is 0 Å². The number of esters is 1. The summed E-state index contributed by atoms with van der Waals surface area (Å²) in [5.41, 5.74) is -0.369. The van der Waals surface area contributed by atoms with Crippen molar-refractivity contribution in [3.63, 3.8) is 0 Å². The number of rotatable bonds is 2. The Bertz CT molecular complexity index is 365. The van der Waals surface area contributed by atoms with Crippen LogP contribution >= 0.6 is 0 Å². The van der Waals surface area contributed by atoms with Crippen LogP contribution in [0.4, 0.5) is 0 Å². The van der Waals surface area contributed by atoms with Gasteiger partial charge in [0.05, 0.1) is 0 Å². The first-order chi connectivity index (χ1) is 6.09. The molecule has 1 aromatic heterocycles. The highest BCUT2D eigenvalue weighted by Crippen LogP contribution is 2.14. The highest BCUT2D eigenvalue weighted by atomic mass is 16.5. The maximum Gasteiger partial charge on any atom is 0.336 e. The van der Waals surface area contributed by atoms with Gasteiger partial charge in [0.15, 0.2) is 5.75 Å². The Hall–Kier alpha value is -1.78. The summed E-state index contributed by atoms with van der Waals surface area (Å²) >= 11 is 0. The molecule has 0 aromatic carbocycles. The Morgan fingerprint density at radius 1 is 1.69 bits per heavy atom. The molecule has 0 spiro atoms. The zero-order valence-electron chi connectivity index (χ0n) is 6.94. The maximum absolute atomic E-state index is 10.7. The average molecular weight is 184 g/mol. The van der Waals surface area contributed by atoms with Gasteiger partial charge in [-0.3, -0.25) is 4.79 Å². The highest BCUT2D eigenvalue weighted by molar-refractivity contribution is 5.65. The third kappa shape index (κ3) is 2.62. The van der Waals surface area contributed by atoms with Crippen molar-refractivity contribution < 1.29 is 19.1 Å². The quantitative estimate of drug-likeness (QED) is 0.673. The molecule has 0 aliphatic rings. The molecular formula is C8H8O5. The predicted molar refractivity (Wildman–Crippen MR) is 42.1 cm³/mol. The van der Waals surface area contributed by atoms with Crippen LogP contribution in [0.5, 0.6) is 5.75 Å². The van der Waals surface area contributed by atoms with Gasteiger partial charge in [-0.2, -0.15) is 0 Å². The van der Waals surface area contributed by atoms with Crippen molar-refractivity contribution in [2.24, 2.45) is 0 Å². The lowest BCUT2D eigenvalue weighted by molar-refractivity contribution is -0.142. The van der Waals surface area contributed by atoms with Crippen molar-refractivity contribution >= 4 is 5.97 Å². The van der Waals surface area contributed by atoms with Gasteiger partial charge < -0.3 is 14.3 Å². The summed E-state index contributed by atoms with van der Waals surface area (Å²) in [4.78, 5) is 21.1. The van der Waals surface area contributed by atoms with Gasteiger partial charge in [-0.1, -0.05) is 0 Å². The van der Waals surface area contributed by atoms with E-state index in [1.165, 1.54) is 6.92 Å². The van der Waals surface area contributed by atoms with Crippen molar-refractivity contribution in [2.45, 2.75) is 13.5 Å². The van der Waals surface area contributed by atoms with Gasteiger partial charge in [0.25, 0.3) is 0 Å². The van der Waals surface area contributed by atoms with E-state index in [-0.39, 0.29) is 17.9 Å². The van der Waals surface area contributed by atoms with E-state index >= 15 is 0 Å². The van der Waals surface area contributed by atoms with E-state index in [0.29, 0.717) is 0 Å². The first-order valence-electron chi connectivity index (χ1n) is 3.53. The first-order valence-corrected chi connectivity index (χ1v) is 3.53. The van der Waals surface area contributed by atoms with E-state index in [2.05, 4.69) is 9.15 Å². The summed E-state index contributed by atoms with van der Waals surface area (Å²) in [7, 11) is 0. The highest BCUT2D eigenvalue weighted by Gasteiger charge is 2.04. The van der Waals surface area contributed by atoms with Crippen molar-refractivity contribution in [3.05, 3.63) is 28.3 Å². The molecule has 0 fully saturated rings. The second kappa shape index (κ2) is 3.75. The topological polar surface area (TPSA) is 76.7 Å². The fourth-order valence-electron chi connectivity index (χ4n) is 0.735. The molecule has 1 heterocycles. The molecule has 0 radical (unpaired) electrons. The van der Waals surface area contributed by atoms with E-state index in [4.69, 9.17) is 5.11 Å². The molecule has 0 bridgehead atoms. The number of ether oxygens (including phenoxy) is 1. The molecule has 1 N–H and O–H groups in total. The number of hydrogen-bond donors (Lipinski definition) is 1. The summed E-state index contributed by atoms with van der Waals surface area (Å²) in [5.74, 6) is -0.687. The van der Waals surface area contributed by atoms with Gasteiger partial charge in [0.2, 0.25) is 0 Å². The second-order valence-corrected chi connectivity index (χ2v) is 2.39. The minimum absolute atomic E-state index is 0.132. The molecule has 0 aliphatic heterocycles. The van der Waals surface area contributed by atoms with Crippen LogP contribution in [0.15, 0.2) is 21.5 Å². The molecule has 5 heteroatoms. The molecule has 0 amide bonds. The lowest BCUT2D eigenvalue weighted by Crippen LogP contribution is -2.03. The Morgan fingerprint density at radius 2 is 2.38 bits per heavy atom. The zero-order valence-corrected chi connectivity index (χ0v) is 6.94. The Morgan fingerprint density at radius 3 is 3.00 bits per heavy atom. The molecule has 0 aliphatic carbocycles. The molecule has 70 valence electrons. The minimum atomic E-state index is -0.597. The molecule has 0 saturated heterocycles. The largest absolute Gasteiger partial charge is 0.504 e. The van der Waals surface area contributed by atoms with Crippen LogP contribution in [-0.4, -0.2) is 11.1 Å². The van der Waals surface area contributed by atoms with Gasteiger partial charge >= 0.3 is 11.6 Å². The Balaban J connectivity index is 2.81. The molecular weight excluding hydrogens is 176 g/mol. The van der Waals surface area contributed by atoms with Gasteiger partial charge in [-0.25, -0.2) is 4.79 Å². The van der Waals surface area contributed by atoms with E-state index in [1.54, 1.807) is 0 Å². The Kier molecular flexibility index (Phi) is 2.69. The van der Waals surface area contributed by atoms with Crippen LogP contribution in [0.2, 0.25) is 0 Å². The summed E-state index contributed by atoms with van der Waals surface area (Å²) < 4.78 is 8.94. The third-order valence-corrected chi connectivity index (χ3v) is 1.34. The average Bonchev–Trinajstić information content (AvgIpc) is 2.06. The summed E-state index contributed by atoms with van der Waals surface area (Å²) in [6, 6.07) is 1.07. The van der Waals surface area contributed by atoms with Crippen molar-refractivity contribution in [2.75, 3.05) is 0 Å². The molecule has 1 aromatic rings. The van der Waals surface area contributed by atoms with E-state index in [0.717, 1.165) is 12.3 Å². The van der Waals surface area contributed by atoms with Crippen LogP contribution in [0.3, 0.4) is 0 Å². The zero-order chi connectivity index (χ0) is 9.84. The van der Waals surface area contributed by atoms with Crippen molar-refractivity contribution in [3.8, 4) is 5.75 Å². The first kappa shape index (κ1) is 9.31. The lowest BCUT2D eigenvalue weighted by atomic mass is 10.3. The Labute approximate surface area is 73.6 Å². The van der Waals surface area contributed by atoms with Gasteiger partial charge in [0.1, 0.15) is 12.9 Å². The molecule has 13 heavy (non-hydrogen) atoms. The smallest absolute Gasteiger partial charge is 0.336 e. The number of aromatic hydroxyl groups is 1. The maximum atomic E-state index is 10.7. The van der Waals surface area contributed by atoms with Crippen LogP contribution in [0, 0.1) is 0 Å². The van der Waals surface area contributed by atoms with Crippen molar-refractivity contribution in [1.29, 1.82) is 0 Å². The molecule has 1 rings (SSSR count). The summed E-state index contributed by atoms with van der Waals surface area (Å²) in [6.07, 6.45) is 0.904. The summed E-state index contributed by atoms with van der Waals surface area (Å²) in [5, 5.41) is 9.12. The third-order valence-electron chi connectivity index (χ3n) is 1.34. The number of carbonyl (C=O) groups excluding carboxylic acids is 1. The normalized spacial score (nSPS) is 9.62. The molecule has 5 nitrogen and oxygen atoms in total. The van der Waals surface area contributed by atoms with Crippen LogP contribution in [0.25, 0.3) is 0 Å². The van der Waals surface area contributed by atoms with Crippen LogP contribution in [0.1, 0.15) is 12.5 Å². The monoisotopic (exact) mass is 184 g/mol. The van der Waals surface area contributed by atoms with E-state index < -0.39 is 11.6 Å². The van der Waals surface area contributed by atoms with E-state index in [1.807, 2.05) is 0 Å². The minimum Gasteiger partial charge on any atom is -0.504 e. The van der Waals surface area contributed by atoms with E-state index in [9.17, 15) is 9.59 Å². The second-order valence-electron chi connectivity index (χ2n) is 2.39. The fraction of sp³-hybridized carbons (Fsp3) is 0.250. The number of carbonyl (C=O) groups is 1. The SMILES string of the molecule is CC(=O)OCc1cc(=O)occ1O. The van der Waals surface area contributed by atoms with Crippen LogP contribution in [-0.2, 0) is 16.1 Å². The standard InChI is InChI=1S/C8H8O5/c1-5(9)12-3-6-2-8(11)13-4-7(6)10/h2,4,10H,3H2,1H3. The van der Waals surface area contributed by atoms with Crippen molar-refractivity contribution in [1.82, 2.24) is 0 Å². The molecule has 0 atom stereocenters. The predicted octanol–water partition coefficient (Wildman–Crippen LogP) is 0.408. The molecule has 0 unspecified atom stereocenters. The van der Waals surface area contributed by atoms with Gasteiger partial charge in [-0.05, 0) is 0 Å². The van der Waals surface area contributed by atoms with Gasteiger partial charge in [0, 0.05) is 18.6 Å². The number of hydrogen-bond acceptors (Lipinski definition) is 5. The van der Waals surface area contributed by atoms with Crippen LogP contribution < -0.4 is 5.63 Å². The molecule has 0 saturated carbocycles. The fourth-order valence-corrected chi connectivity index (χ4v) is 0.735. The lowest BCUT2D eigenvalue weighted by Gasteiger charge is -2.02.